The van der Waals surface area contributed by atoms with Crippen LogP contribution in [0.5, 0.6) is 17.2 Å². The molecule has 0 aliphatic heterocycles. The molecule has 0 heterocycles. The number of halogens is 2. The van der Waals surface area contributed by atoms with E-state index in [4.69, 9.17) is 14.2 Å². The van der Waals surface area contributed by atoms with Crippen LogP contribution in [0.4, 0.5) is 0 Å². The molecular formula is C33H46Cl2N2O3. The summed E-state index contributed by atoms with van der Waals surface area (Å²) in [4.78, 5) is 0. The van der Waals surface area contributed by atoms with Crippen LogP contribution in [0.1, 0.15) is 35.1 Å². The van der Waals surface area contributed by atoms with Crippen LogP contribution in [0.2, 0.25) is 0 Å². The van der Waals surface area contributed by atoms with Crippen molar-refractivity contribution < 1.29 is 14.2 Å². The zero-order valence-corrected chi connectivity index (χ0v) is 25.8. The van der Waals surface area contributed by atoms with Crippen molar-refractivity contribution >= 4 is 24.8 Å². The van der Waals surface area contributed by atoms with Gasteiger partial charge in [0.2, 0.25) is 0 Å². The molecule has 0 fully saturated rings. The summed E-state index contributed by atoms with van der Waals surface area (Å²) in [6.45, 7) is 3.95. The fourth-order valence-electron chi connectivity index (χ4n) is 4.59. The molecule has 0 bridgehead atoms. The minimum absolute atomic E-state index is 0. The molecule has 0 aliphatic carbocycles. The summed E-state index contributed by atoms with van der Waals surface area (Å²) in [6.07, 6.45) is 10.5. The largest absolute Gasteiger partial charge is 0.497 e. The maximum absolute atomic E-state index is 5.79. The van der Waals surface area contributed by atoms with Crippen molar-refractivity contribution in [2.24, 2.45) is 0 Å². The Morgan fingerprint density at radius 1 is 0.600 bits per heavy atom. The molecule has 3 rings (SSSR count). The summed E-state index contributed by atoms with van der Waals surface area (Å²) < 4.78 is 16.8. The third kappa shape index (κ3) is 12.2. The molecule has 3 aromatic rings. The van der Waals surface area contributed by atoms with Gasteiger partial charge in [-0.25, -0.2) is 0 Å². The molecule has 0 radical (unpaired) electrons. The highest BCUT2D eigenvalue weighted by molar-refractivity contribution is 5.85. The number of rotatable bonds is 18. The molecule has 7 heteroatoms. The van der Waals surface area contributed by atoms with Crippen LogP contribution in [-0.2, 0) is 25.7 Å². The summed E-state index contributed by atoms with van der Waals surface area (Å²) in [5, 5.41) is 7.11. The lowest BCUT2D eigenvalue weighted by molar-refractivity contribution is 0.351. The van der Waals surface area contributed by atoms with E-state index in [1.54, 1.807) is 21.3 Å². The number of nitrogens with one attached hydrogen (secondary N) is 2. The standard InChI is InChI=1S/C33H44N2O3.2ClH/c1-36-30-15-11-14-28(26-30)16-18-31-29(17-19-32(37-2)33(31)38-3)21-25-35-23-10-5-4-9-22-34-24-20-27-12-7-6-8-13-27;;/h4-8,11-15,17,19,26,34-35H,9-10,16,18,20-25H2,1-3H3;2*1H/b5-4+;;. The molecule has 0 saturated heterocycles. The van der Waals surface area contributed by atoms with Crippen LogP contribution in [0.3, 0.4) is 0 Å². The van der Waals surface area contributed by atoms with E-state index in [1.807, 2.05) is 18.2 Å². The number of ether oxygens (including phenoxy) is 3. The first-order chi connectivity index (χ1) is 18.7. The number of methoxy groups -OCH3 is 3. The van der Waals surface area contributed by atoms with Gasteiger partial charge in [-0.1, -0.05) is 60.7 Å². The van der Waals surface area contributed by atoms with E-state index in [-0.39, 0.29) is 24.8 Å². The molecule has 0 aromatic heterocycles. The monoisotopic (exact) mass is 588 g/mol. The summed E-state index contributed by atoms with van der Waals surface area (Å²) in [5.41, 5.74) is 5.15. The molecule has 0 amide bonds. The van der Waals surface area contributed by atoms with E-state index >= 15 is 0 Å². The van der Waals surface area contributed by atoms with Crippen molar-refractivity contribution in [1.29, 1.82) is 0 Å². The van der Waals surface area contributed by atoms with Crippen molar-refractivity contribution in [2.45, 2.75) is 38.5 Å². The van der Waals surface area contributed by atoms with E-state index in [0.717, 1.165) is 82.0 Å². The average Bonchev–Trinajstić information content (AvgIpc) is 2.97. The SMILES string of the molecule is COc1cccc(CCc2c(CCNCC/C=C/CCNCCc3ccccc3)ccc(OC)c2OC)c1.Cl.Cl. The van der Waals surface area contributed by atoms with E-state index in [0.29, 0.717) is 0 Å². The van der Waals surface area contributed by atoms with Gasteiger partial charge in [0, 0.05) is 5.56 Å². The Labute approximate surface area is 253 Å². The smallest absolute Gasteiger partial charge is 0.164 e. The molecule has 3 aromatic carbocycles. The topological polar surface area (TPSA) is 51.8 Å². The Balaban J connectivity index is 0.00000400. The van der Waals surface area contributed by atoms with Crippen molar-refractivity contribution in [2.75, 3.05) is 47.5 Å². The quantitative estimate of drug-likeness (QED) is 0.129. The van der Waals surface area contributed by atoms with Crippen LogP contribution in [0.15, 0.2) is 78.9 Å². The highest BCUT2D eigenvalue weighted by Crippen LogP contribution is 2.34. The van der Waals surface area contributed by atoms with Gasteiger partial charge in [-0.05, 0) is 99.6 Å². The third-order valence-corrected chi connectivity index (χ3v) is 6.69. The number of hydrogen-bond donors (Lipinski definition) is 2. The molecule has 0 spiro atoms. The van der Waals surface area contributed by atoms with Gasteiger partial charge in [0.05, 0.1) is 21.3 Å². The Kier molecular flexibility index (Phi) is 18.6. The molecule has 5 nitrogen and oxygen atoms in total. The van der Waals surface area contributed by atoms with Crippen molar-refractivity contribution in [3.8, 4) is 17.2 Å². The third-order valence-electron chi connectivity index (χ3n) is 6.69. The van der Waals surface area contributed by atoms with Gasteiger partial charge in [-0.15, -0.1) is 24.8 Å². The summed E-state index contributed by atoms with van der Waals surface area (Å²) >= 11 is 0. The van der Waals surface area contributed by atoms with Gasteiger partial charge < -0.3 is 24.8 Å². The van der Waals surface area contributed by atoms with Crippen LogP contribution < -0.4 is 24.8 Å². The Morgan fingerprint density at radius 2 is 1.27 bits per heavy atom. The molecule has 40 heavy (non-hydrogen) atoms. The second kappa shape index (κ2) is 21.1. The molecule has 220 valence electrons. The lowest BCUT2D eigenvalue weighted by Gasteiger charge is -2.17. The first-order valence-electron chi connectivity index (χ1n) is 13.7. The average molecular weight is 590 g/mol. The first-order valence-corrected chi connectivity index (χ1v) is 13.7. The number of benzene rings is 3. The summed E-state index contributed by atoms with van der Waals surface area (Å²) in [6, 6.07) is 23.1. The van der Waals surface area contributed by atoms with Gasteiger partial charge in [-0.3, -0.25) is 0 Å². The fourth-order valence-corrected chi connectivity index (χ4v) is 4.59. The second-order valence-corrected chi connectivity index (χ2v) is 9.32. The summed E-state index contributed by atoms with van der Waals surface area (Å²) in [7, 11) is 5.12. The van der Waals surface area contributed by atoms with Gasteiger partial charge in [0.1, 0.15) is 5.75 Å². The lowest BCUT2D eigenvalue weighted by atomic mass is 9.96. The number of hydrogen-bond acceptors (Lipinski definition) is 5. The van der Waals surface area contributed by atoms with Crippen molar-refractivity contribution in [3.63, 3.8) is 0 Å². The zero-order valence-electron chi connectivity index (χ0n) is 24.1. The van der Waals surface area contributed by atoms with Crippen molar-refractivity contribution in [3.05, 3.63) is 101 Å². The maximum atomic E-state index is 5.79. The lowest BCUT2D eigenvalue weighted by Crippen LogP contribution is -2.19. The Morgan fingerprint density at radius 3 is 1.93 bits per heavy atom. The highest BCUT2D eigenvalue weighted by atomic mass is 35.5. The second-order valence-electron chi connectivity index (χ2n) is 9.32. The predicted molar refractivity (Wildman–Crippen MR) is 172 cm³/mol. The van der Waals surface area contributed by atoms with Crippen LogP contribution in [-0.4, -0.2) is 47.5 Å². The Bertz CT molecular complexity index is 1110. The molecule has 0 aliphatic rings. The van der Waals surface area contributed by atoms with E-state index < -0.39 is 0 Å². The van der Waals surface area contributed by atoms with Crippen LogP contribution in [0.25, 0.3) is 0 Å². The molecule has 0 unspecified atom stereocenters. The molecular weight excluding hydrogens is 543 g/mol. The maximum Gasteiger partial charge on any atom is 0.164 e. The highest BCUT2D eigenvalue weighted by Gasteiger charge is 2.15. The zero-order chi connectivity index (χ0) is 26.8. The minimum atomic E-state index is 0. The van der Waals surface area contributed by atoms with Crippen molar-refractivity contribution in [1.82, 2.24) is 10.6 Å². The molecule has 2 N–H and O–H groups in total. The van der Waals surface area contributed by atoms with E-state index in [1.165, 1.54) is 22.3 Å². The Hall–Kier alpha value is -2.70. The van der Waals surface area contributed by atoms with Crippen LogP contribution >= 0.6 is 24.8 Å². The predicted octanol–water partition coefficient (Wildman–Crippen LogP) is 6.64. The van der Waals surface area contributed by atoms with Gasteiger partial charge >= 0.3 is 0 Å². The molecule has 0 saturated carbocycles. The van der Waals surface area contributed by atoms with Gasteiger partial charge in [0.25, 0.3) is 0 Å². The normalized spacial score (nSPS) is 10.6. The van der Waals surface area contributed by atoms with Crippen LogP contribution in [0, 0.1) is 0 Å². The summed E-state index contributed by atoms with van der Waals surface area (Å²) in [5.74, 6) is 2.51. The van der Waals surface area contributed by atoms with E-state index in [2.05, 4.69) is 71.3 Å². The fraction of sp³-hybridized carbons (Fsp3) is 0.394. The molecule has 0 atom stereocenters. The van der Waals surface area contributed by atoms with Gasteiger partial charge in [0.15, 0.2) is 11.5 Å². The minimum Gasteiger partial charge on any atom is -0.497 e. The van der Waals surface area contributed by atoms with Gasteiger partial charge in [-0.2, -0.15) is 0 Å². The van der Waals surface area contributed by atoms with E-state index in [9.17, 15) is 0 Å². The first kappa shape index (κ1) is 35.3. The number of aryl methyl sites for hydroxylation is 1.